The molecule has 1 heterocycles. The fourth-order valence-corrected chi connectivity index (χ4v) is 3.00. The van der Waals surface area contributed by atoms with Crippen LogP contribution >= 0.6 is 15.9 Å². The van der Waals surface area contributed by atoms with Crippen molar-refractivity contribution in [2.24, 2.45) is 0 Å². The average molecular weight is 390 g/mol. The van der Waals surface area contributed by atoms with Crippen LogP contribution in [0.1, 0.15) is 0 Å². The van der Waals surface area contributed by atoms with Crippen LogP contribution < -0.4 is 0 Å². The molecule has 0 aliphatic rings. The highest BCUT2D eigenvalue weighted by atomic mass is 79.9. The summed E-state index contributed by atoms with van der Waals surface area (Å²) in [7, 11) is -1.18. The Morgan fingerprint density at radius 2 is 1.86 bits per heavy atom. The van der Waals surface area contributed by atoms with Crippen LogP contribution in [-0.4, -0.2) is 29.4 Å². The normalized spacial score (nSPS) is 11.9. The van der Waals surface area contributed by atoms with E-state index in [1.807, 2.05) is 0 Å². The summed E-state index contributed by atoms with van der Waals surface area (Å²) in [6.45, 7) is 7.48. The molecule has 4 nitrogen and oxygen atoms in total. The van der Waals surface area contributed by atoms with Crippen molar-refractivity contribution in [3.05, 3.63) is 34.6 Å². The first-order chi connectivity index (χ1) is 10.3. The van der Waals surface area contributed by atoms with Gasteiger partial charge in [0.05, 0.1) is 5.56 Å². The fourth-order valence-electron chi connectivity index (χ4n) is 1.84. The predicted molar refractivity (Wildman–Crippen MR) is 87.2 cm³/mol. The predicted octanol–water partition coefficient (Wildman–Crippen LogP) is 4.30. The highest BCUT2D eigenvalue weighted by molar-refractivity contribution is 9.10. The minimum absolute atomic E-state index is 0.120. The van der Waals surface area contributed by atoms with E-state index >= 15 is 0 Å². The lowest BCUT2D eigenvalue weighted by atomic mass is 10.2. The average Bonchev–Trinajstić information content (AvgIpc) is 2.80. The molecule has 0 bridgehead atoms. The Morgan fingerprint density at radius 1 is 1.23 bits per heavy atom. The monoisotopic (exact) mass is 389 g/mol. The molecule has 1 aromatic heterocycles. The van der Waals surface area contributed by atoms with E-state index in [0.29, 0.717) is 11.1 Å². The first-order valence-corrected chi connectivity index (χ1v) is 11.4. The van der Waals surface area contributed by atoms with Gasteiger partial charge in [0.15, 0.2) is 5.82 Å². The van der Waals surface area contributed by atoms with Crippen molar-refractivity contribution in [1.82, 2.24) is 14.8 Å². The van der Waals surface area contributed by atoms with Crippen LogP contribution in [0.4, 0.5) is 8.78 Å². The van der Waals surface area contributed by atoms with Gasteiger partial charge in [-0.15, -0.1) is 0 Å². The Morgan fingerprint density at radius 3 is 2.45 bits per heavy atom. The second-order valence-corrected chi connectivity index (χ2v) is 12.7. The molecule has 0 unspecified atom stereocenters. The molecular weight excluding hydrogens is 372 g/mol. The Bertz CT molecular complexity index is 635. The lowest BCUT2D eigenvalue weighted by Crippen LogP contribution is -2.22. The van der Waals surface area contributed by atoms with Gasteiger partial charge >= 0.3 is 0 Å². The summed E-state index contributed by atoms with van der Waals surface area (Å²) in [6.07, 6.45) is 1.26. The zero-order chi connectivity index (χ0) is 16.3. The van der Waals surface area contributed by atoms with Crippen LogP contribution in [0, 0.1) is 11.6 Å². The van der Waals surface area contributed by atoms with Crippen molar-refractivity contribution < 1.29 is 13.5 Å². The van der Waals surface area contributed by atoms with Crippen molar-refractivity contribution in [1.29, 1.82) is 0 Å². The van der Waals surface area contributed by atoms with Crippen LogP contribution in [0.15, 0.2) is 22.9 Å². The molecule has 22 heavy (non-hydrogen) atoms. The van der Waals surface area contributed by atoms with Crippen molar-refractivity contribution in [3.8, 4) is 11.4 Å². The van der Waals surface area contributed by atoms with Crippen LogP contribution in [0.5, 0.6) is 0 Å². The lowest BCUT2D eigenvalue weighted by Gasteiger charge is -2.15. The Balaban J connectivity index is 2.13. The summed E-state index contributed by atoms with van der Waals surface area (Å²) in [5.74, 6) is -1.26. The largest absolute Gasteiger partial charge is 0.359 e. The van der Waals surface area contributed by atoms with E-state index in [2.05, 4.69) is 45.7 Å². The van der Waals surface area contributed by atoms with Crippen molar-refractivity contribution in [2.45, 2.75) is 32.4 Å². The van der Waals surface area contributed by atoms with E-state index in [-0.39, 0.29) is 18.1 Å². The fraction of sp³-hybridized carbons (Fsp3) is 0.429. The molecular formula is C14H18BrF2N3OSi. The number of ether oxygens (including phenoxy) is 1. The van der Waals surface area contributed by atoms with E-state index < -0.39 is 19.7 Å². The highest BCUT2D eigenvalue weighted by Gasteiger charge is 2.18. The molecule has 0 N–H and O–H groups in total. The smallest absolute Gasteiger partial charge is 0.166 e. The number of halogens is 3. The van der Waals surface area contributed by atoms with Gasteiger partial charge in [0.25, 0.3) is 0 Å². The van der Waals surface area contributed by atoms with E-state index in [9.17, 15) is 8.78 Å². The standard InChI is InChI=1S/C14H18BrF2N3OSi/c1-22(2,3)5-4-21-9-20-14(18-8-19-20)13-11(16)6-10(15)7-12(13)17/h6-8H,4-5,9H2,1-3H3. The number of nitrogens with zero attached hydrogens (tertiary/aromatic N) is 3. The molecule has 0 aliphatic heterocycles. The van der Waals surface area contributed by atoms with E-state index in [1.54, 1.807) is 0 Å². The second kappa shape index (κ2) is 6.97. The molecule has 0 aliphatic carbocycles. The molecule has 0 radical (unpaired) electrons. The summed E-state index contributed by atoms with van der Waals surface area (Å²) in [5, 5.41) is 3.98. The molecule has 2 rings (SSSR count). The summed E-state index contributed by atoms with van der Waals surface area (Å²) in [6, 6.07) is 3.41. The molecule has 0 saturated heterocycles. The summed E-state index contributed by atoms with van der Waals surface area (Å²) in [5.41, 5.74) is -0.200. The van der Waals surface area contributed by atoms with Gasteiger partial charge in [0.1, 0.15) is 24.7 Å². The van der Waals surface area contributed by atoms with Gasteiger partial charge in [0, 0.05) is 19.2 Å². The maximum Gasteiger partial charge on any atom is 0.166 e. The zero-order valence-electron chi connectivity index (χ0n) is 12.7. The van der Waals surface area contributed by atoms with Gasteiger partial charge in [-0.25, -0.2) is 18.4 Å². The van der Waals surface area contributed by atoms with Crippen molar-refractivity contribution in [3.63, 3.8) is 0 Å². The van der Waals surface area contributed by atoms with Crippen LogP contribution in [0.25, 0.3) is 11.4 Å². The maximum absolute atomic E-state index is 14.0. The molecule has 0 spiro atoms. The summed E-state index contributed by atoms with van der Waals surface area (Å²) >= 11 is 3.06. The molecule has 0 saturated carbocycles. The quantitative estimate of drug-likeness (QED) is 0.546. The topological polar surface area (TPSA) is 39.9 Å². The molecule has 2 aromatic rings. The minimum atomic E-state index is -1.18. The molecule has 1 aromatic carbocycles. The van der Waals surface area contributed by atoms with Gasteiger partial charge in [0.2, 0.25) is 0 Å². The Kier molecular flexibility index (Phi) is 5.46. The van der Waals surface area contributed by atoms with Gasteiger partial charge in [-0.05, 0) is 18.2 Å². The van der Waals surface area contributed by atoms with E-state index in [1.165, 1.54) is 23.1 Å². The highest BCUT2D eigenvalue weighted by Crippen LogP contribution is 2.27. The van der Waals surface area contributed by atoms with Gasteiger partial charge in [-0.2, -0.15) is 5.10 Å². The summed E-state index contributed by atoms with van der Waals surface area (Å²) in [4.78, 5) is 3.95. The Labute approximate surface area is 137 Å². The van der Waals surface area contributed by atoms with Crippen molar-refractivity contribution in [2.75, 3.05) is 6.61 Å². The lowest BCUT2D eigenvalue weighted by molar-refractivity contribution is 0.0795. The third kappa shape index (κ3) is 4.44. The number of aromatic nitrogens is 3. The first kappa shape index (κ1) is 17.2. The molecule has 8 heteroatoms. The molecule has 0 atom stereocenters. The van der Waals surface area contributed by atoms with Crippen LogP contribution in [-0.2, 0) is 11.5 Å². The number of rotatable bonds is 6. The maximum atomic E-state index is 14.0. The number of hydrogen-bond donors (Lipinski definition) is 0. The second-order valence-electron chi connectivity index (χ2n) is 6.18. The zero-order valence-corrected chi connectivity index (χ0v) is 15.3. The number of hydrogen-bond acceptors (Lipinski definition) is 3. The minimum Gasteiger partial charge on any atom is -0.359 e. The van der Waals surface area contributed by atoms with Crippen LogP contribution in [0.3, 0.4) is 0 Å². The molecule has 0 fully saturated rings. The number of benzene rings is 1. The van der Waals surface area contributed by atoms with Crippen LogP contribution in [0.2, 0.25) is 25.7 Å². The molecule has 120 valence electrons. The first-order valence-electron chi connectivity index (χ1n) is 6.88. The van der Waals surface area contributed by atoms with Gasteiger partial charge in [-0.3, -0.25) is 0 Å². The molecule has 0 amide bonds. The van der Waals surface area contributed by atoms with Crippen molar-refractivity contribution >= 4 is 24.0 Å². The van der Waals surface area contributed by atoms with Gasteiger partial charge in [-0.1, -0.05) is 35.6 Å². The van der Waals surface area contributed by atoms with Gasteiger partial charge < -0.3 is 4.74 Å². The third-order valence-corrected chi connectivity index (χ3v) is 5.22. The Hall–Kier alpha value is -1.12. The van der Waals surface area contributed by atoms with E-state index in [0.717, 1.165) is 6.04 Å². The van der Waals surface area contributed by atoms with E-state index in [4.69, 9.17) is 4.74 Å². The summed E-state index contributed by atoms with van der Waals surface area (Å²) < 4.78 is 35.3. The SMILES string of the molecule is C[Si](C)(C)CCOCn1ncnc1-c1c(F)cc(Br)cc1F. The third-order valence-electron chi connectivity index (χ3n) is 3.06.